The molecule has 0 heterocycles. The minimum absolute atomic E-state index is 0.126. The summed E-state index contributed by atoms with van der Waals surface area (Å²) in [6.07, 6.45) is -2.47. The van der Waals surface area contributed by atoms with Gasteiger partial charge in [-0.3, -0.25) is 0 Å². The number of aliphatic hydroxyl groups excluding tert-OH is 1. The molecule has 0 amide bonds. The number of hydrogen-bond donors (Lipinski definition) is 2. The highest BCUT2D eigenvalue weighted by Gasteiger charge is 2.19. The molecule has 0 radical (unpaired) electrons. The molecule has 0 bridgehead atoms. The van der Waals surface area contributed by atoms with E-state index >= 15 is 0 Å². The first-order valence-electron chi connectivity index (χ1n) is 3.96. The van der Waals surface area contributed by atoms with E-state index in [1.807, 2.05) is 0 Å². The number of benzene rings is 1. The van der Waals surface area contributed by atoms with Crippen LogP contribution in [0.2, 0.25) is 5.02 Å². The maximum Gasteiger partial charge on any atom is 0.332 e. The van der Waals surface area contributed by atoms with Crippen molar-refractivity contribution in [3.05, 3.63) is 34.4 Å². The van der Waals surface area contributed by atoms with Gasteiger partial charge in [0.05, 0.1) is 0 Å². The van der Waals surface area contributed by atoms with Crippen molar-refractivity contribution in [2.24, 2.45) is 0 Å². The first kappa shape index (κ1) is 11.9. The molecule has 0 aromatic heterocycles. The first-order chi connectivity index (χ1) is 6.91. The summed E-state index contributed by atoms with van der Waals surface area (Å²) >= 11 is 5.36. The monoisotopic (exact) mass is 236 g/mol. The zero-order valence-corrected chi connectivity index (χ0v) is 8.13. The molecule has 1 atom stereocenters. The van der Waals surface area contributed by atoms with Crippen LogP contribution in [0.5, 0.6) is 0 Å². The average Bonchev–Trinajstić information content (AvgIpc) is 2.10. The van der Waals surface area contributed by atoms with Crippen molar-refractivity contribution >= 4 is 17.6 Å². The molecule has 6 heteroatoms. The van der Waals surface area contributed by atoms with Crippen LogP contribution in [0.15, 0.2) is 12.1 Å². The van der Waals surface area contributed by atoms with Gasteiger partial charge in [-0.1, -0.05) is 11.6 Å². The molecule has 1 aromatic rings. The van der Waals surface area contributed by atoms with Crippen LogP contribution >= 0.6 is 11.6 Å². The van der Waals surface area contributed by atoms with E-state index in [1.165, 1.54) is 0 Å². The molecule has 0 saturated carbocycles. The second kappa shape index (κ2) is 4.55. The average molecular weight is 237 g/mol. The number of halogens is 3. The predicted octanol–water partition coefficient (Wildman–Crippen LogP) is 1.61. The van der Waals surface area contributed by atoms with Gasteiger partial charge >= 0.3 is 5.97 Å². The normalized spacial score (nSPS) is 12.5. The Morgan fingerprint density at radius 1 is 1.40 bits per heavy atom. The third kappa shape index (κ3) is 2.87. The van der Waals surface area contributed by atoms with Crippen molar-refractivity contribution in [1.82, 2.24) is 0 Å². The summed E-state index contributed by atoms with van der Waals surface area (Å²) in [6.45, 7) is 0. The Morgan fingerprint density at radius 3 is 2.27 bits per heavy atom. The van der Waals surface area contributed by atoms with Crippen molar-refractivity contribution in [1.29, 1.82) is 0 Å². The summed E-state index contributed by atoms with van der Waals surface area (Å²) in [6, 6.07) is 1.71. The molecule has 0 aliphatic heterocycles. The lowest BCUT2D eigenvalue weighted by Crippen LogP contribution is -2.23. The van der Waals surface area contributed by atoms with Gasteiger partial charge in [0.2, 0.25) is 0 Å². The van der Waals surface area contributed by atoms with E-state index in [9.17, 15) is 13.6 Å². The van der Waals surface area contributed by atoms with Crippen molar-refractivity contribution in [2.45, 2.75) is 12.5 Å². The number of carbonyl (C=O) groups is 1. The Morgan fingerprint density at radius 2 is 1.87 bits per heavy atom. The van der Waals surface area contributed by atoms with Crippen LogP contribution in [-0.2, 0) is 11.2 Å². The Hall–Kier alpha value is -1.20. The Bertz CT molecular complexity index is 372. The number of hydrogen-bond acceptors (Lipinski definition) is 2. The van der Waals surface area contributed by atoms with Gasteiger partial charge in [-0.2, -0.15) is 0 Å². The quantitative estimate of drug-likeness (QED) is 0.838. The van der Waals surface area contributed by atoms with E-state index < -0.39 is 35.7 Å². The third-order valence-corrected chi connectivity index (χ3v) is 2.01. The molecular weight excluding hydrogens is 230 g/mol. The topological polar surface area (TPSA) is 57.5 Å². The number of aliphatic hydroxyl groups is 1. The number of carboxylic acids is 1. The molecule has 0 spiro atoms. The highest BCUT2D eigenvalue weighted by molar-refractivity contribution is 6.30. The number of aliphatic carboxylic acids is 1. The minimum atomic E-state index is -1.84. The molecule has 1 aromatic carbocycles. The van der Waals surface area contributed by atoms with Crippen LogP contribution in [0.3, 0.4) is 0 Å². The van der Waals surface area contributed by atoms with Gasteiger partial charge in [-0.15, -0.1) is 0 Å². The lowest BCUT2D eigenvalue weighted by atomic mass is 10.1. The van der Waals surface area contributed by atoms with Crippen molar-refractivity contribution in [2.75, 3.05) is 0 Å². The van der Waals surface area contributed by atoms with Crippen molar-refractivity contribution < 1.29 is 23.8 Å². The van der Waals surface area contributed by atoms with Crippen molar-refractivity contribution in [3.8, 4) is 0 Å². The minimum Gasteiger partial charge on any atom is -0.479 e. The molecule has 0 saturated heterocycles. The largest absolute Gasteiger partial charge is 0.479 e. The fourth-order valence-electron chi connectivity index (χ4n) is 1.05. The zero-order chi connectivity index (χ0) is 11.6. The van der Waals surface area contributed by atoms with Crippen LogP contribution in [0, 0.1) is 11.6 Å². The molecule has 0 aliphatic rings. The predicted molar refractivity (Wildman–Crippen MR) is 48.7 cm³/mol. The standard InChI is InChI=1S/C9H7ClF2O3/c10-4-1-6(11)5(7(12)2-4)3-8(13)9(14)15/h1-2,8,13H,3H2,(H,14,15). The summed E-state index contributed by atoms with van der Waals surface area (Å²) in [4.78, 5) is 10.3. The maximum atomic E-state index is 13.1. The molecule has 15 heavy (non-hydrogen) atoms. The number of carboxylic acid groups (broad SMARTS) is 1. The van der Waals surface area contributed by atoms with Gasteiger partial charge in [-0.25, -0.2) is 13.6 Å². The molecule has 1 unspecified atom stereocenters. The van der Waals surface area contributed by atoms with E-state index in [0.717, 1.165) is 12.1 Å². The lowest BCUT2D eigenvalue weighted by molar-refractivity contribution is -0.146. The molecule has 2 N–H and O–H groups in total. The summed E-state index contributed by atoms with van der Waals surface area (Å²) in [7, 11) is 0. The fourth-order valence-corrected chi connectivity index (χ4v) is 1.24. The first-order valence-corrected chi connectivity index (χ1v) is 4.34. The van der Waals surface area contributed by atoms with E-state index in [1.54, 1.807) is 0 Å². The van der Waals surface area contributed by atoms with Gasteiger partial charge in [0.15, 0.2) is 6.10 Å². The van der Waals surface area contributed by atoms with Gasteiger partial charge in [-0.05, 0) is 12.1 Å². The summed E-state index contributed by atoms with van der Waals surface area (Å²) in [5.41, 5.74) is -0.491. The van der Waals surface area contributed by atoms with Gasteiger partial charge in [0, 0.05) is 17.0 Å². The van der Waals surface area contributed by atoms with E-state index in [4.69, 9.17) is 21.8 Å². The summed E-state index contributed by atoms with van der Waals surface area (Å²) in [5.74, 6) is -3.48. The van der Waals surface area contributed by atoms with Crippen LogP contribution in [0.1, 0.15) is 5.56 Å². The molecule has 0 fully saturated rings. The molecule has 82 valence electrons. The van der Waals surface area contributed by atoms with E-state index in [-0.39, 0.29) is 5.02 Å². The second-order valence-electron chi connectivity index (χ2n) is 2.91. The smallest absolute Gasteiger partial charge is 0.332 e. The second-order valence-corrected chi connectivity index (χ2v) is 3.34. The number of rotatable bonds is 3. The molecule has 3 nitrogen and oxygen atoms in total. The van der Waals surface area contributed by atoms with Crippen LogP contribution < -0.4 is 0 Å². The van der Waals surface area contributed by atoms with Crippen LogP contribution in [0.25, 0.3) is 0 Å². The lowest BCUT2D eigenvalue weighted by Gasteiger charge is -2.08. The van der Waals surface area contributed by atoms with Crippen LogP contribution in [0.4, 0.5) is 8.78 Å². The SMILES string of the molecule is O=C(O)C(O)Cc1c(F)cc(Cl)cc1F. The molecule has 0 aliphatic carbocycles. The molecule has 1 rings (SSSR count). The van der Waals surface area contributed by atoms with Gasteiger partial charge in [0.25, 0.3) is 0 Å². The van der Waals surface area contributed by atoms with E-state index in [0.29, 0.717) is 0 Å². The highest BCUT2D eigenvalue weighted by atomic mass is 35.5. The highest BCUT2D eigenvalue weighted by Crippen LogP contribution is 2.20. The maximum absolute atomic E-state index is 13.1. The van der Waals surface area contributed by atoms with Crippen molar-refractivity contribution in [3.63, 3.8) is 0 Å². The summed E-state index contributed by atoms with van der Waals surface area (Å²) < 4.78 is 26.2. The third-order valence-electron chi connectivity index (χ3n) is 1.79. The zero-order valence-electron chi connectivity index (χ0n) is 7.38. The molecular formula is C9H7ClF2O3. The fraction of sp³-hybridized carbons (Fsp3) is 0.222. The van der Waals surface area contributed by atoms with E-state index in [2.05, 4.69) is 0 Å². The Balaban J connectivity index is 3.00. The Kier molecular flexibility index (Phi) is 3.60. The van der Waals surface area contributed by atoms with Gasteiger partial charge < -0.3 is 10.2 Å². The van der Waals surface area contributed by atoms with Gasteiger partial charge in [0.1, 0.15) is 11.6 Å². The Labute approximate surface area is 88.9 Å². The summed E-state index contributed by atoms with van der Waals surface area (Å²) in [5, 5.41) is 17.2. The van der Waals surface area contributed by atoms with Crippen LogP contribution in [-0.4, -0.2) is 22.3 Å².